The number of amides is 1. The molecule has 30 heavy (non-hydrogen) atoms. The SMILES string of the molecule is CCCCn1c(N)c(N(Cc2ccccc2)C(=O)C[NH+]2CCOCC2)c(=O)[nH]c1=O. The van der Waals surface area contributed by atoms with Crippen molar-refractivity contribution >= 4 is 17.4 Å². The molecule has 0 bridgehead atoms. The summed E-state index contributed by atoms with van der Waals surface area (Å²) in [6.45, 7) is 5.47. The Labute approximate surface area is 175 Å². The monoisotopic (exact) mass is 416 g/mol. The van der Waals surface area contributed by atoms with Crippen LogP contribution >= 0.6 is 0 Å². The summed E-state index contributed by atoms with van der Waals surface area (Å²) in [7, 11) is 0. The number of ether oxygens (including phenoxy) is 1. The summed E-state index contributed by atoms with van der Waals surface area (Å²) < 4.78 is 6.71. The first-order valence-electron chi connectivity index (χ1n) is 10.4. The van der Waals surface area contributed by atoms with Gasteiger partial charge in [-0.25, -0.2) is 4.79 Å². The molecular weight excluding hydrogens is 386 g/mol. The summed E-state index contributed by atoms with van der Waals surface area (Å²) in [4.78, 5) is 43.2. The number of carbonyl (C=O) groups excluding carboxylic acids is 1. The van der Waals surface area contributed by atoms with Crippen LogP contribution in [0.1, 0.15) is 25.3 Å². The number of hydrogen-bond donors (Lipinski definition) is 3. The molecule has 4 N–H and O–H groups in total. The van der Waals surface area contributed by atoms with Gasteiger partial charge in [0, 0.05) is 6.54 Å². The summed E-state index contributed by atoms with van der Waals surface area (Å²) in [5.74, 6) is -0.188. The normalized spacial score (nSPS) is 14.6. The molecule has 2 heterocycles. The Hall–Kier alpha value is -2.91. The molecule has 2 aromatic rings. The van der Waals surface area contributed by atoms with Gasteiger partial charge in [-0.05, 0) is 12.0 Å². The summed E-state index contributed by atoms with van der Waals surface area (Å²) in [6.07, 6.45) is 1.60. The first-order valence-corrected chi connectivity index (χ1v) is 10.4. The molecule has 9 heteroatoms. The van der Waals surface area contributed by atoms with Crippen molar-refractivity contribution in [1.29, 1.82) is 0 Å². The molecule has 3 rings (SSSR count). The van der Waals surface area contributed by atoms with Crippen LogP contribution in [0.25, 0.3) is 0 Å². The number of nitrogens with two attached hydrogens (primary N) is 1. The van der Waals surface area contributed by atoms with Crippen LogP contribution in [0.2, 0.25) is 0 Å². The van der Waals surface area contributed by atoms with Crippen LogP contribution < -0.4 is 26.8 Å². The highest BCUT2D eigenvalue weighted by molar-refractivity contribution is 5.96. The number of quaternary nitrogens is 1. The van der Waals surface area contributed by atoms with Crippen molar-refractivity contribution in [2.24, 2.45) is 0 Å². The van der Waals surface area contributed by atoms with Gasteiger partial charge < -0.3 is 15.4 Å². The number of nitrogens with zero attached hydrogens (tertiary/aromatic N) is 2. The summed E-state index contributed by atoms with van der Waals surface area (Å²) >= 11 is 0. The predicted octanol–water partition coefficient (Wildman–Crippen LogP) is -0.633. The first-order chi connectivity index (χ1) is 14.5. The number of carbonyl (C=O) groups is 1. The van der Waals surface area contributed by atoms with Crippen molar-refractivity contribution in [1.82, 2.24) is 9.55 Å². The lowest BCUT2D eigenvalue weighted by molar-refractivity contribution is -0.900. The number of aromatic amines is 1. The van der Waals surface area contributed by atoms with Crippen LogP contribution in [-0.4, -0.2) is 48.3 Å². The molecule has 0 radical (unpaired) electrons. The van der Waals surface area contributed by atoms with Gasteiger partial charge in [0.05, 0.1) is 19.8 Å². The number of anilines is 2. The van der Waals surface area contributed by atoms with Crippen molar-refractivity contribution in [2.75, 3.05) is 43.5 Å². The van der Waals surface area contributed by atoms with Gasteiger partial charge in [-0.1, -0.05) is 43.7 Å². The summed E-state index contributed by atoms with van der Waals surface area (Å²) in [6, 6.07) is 9.42. The molecule has 0 aliphatic carbocycles. The van der Waals surface area contributed by atoms with Crippen molar-refractivity contribution < 1.29 is 14.4 Å². The van der Waals surface area contributed by atoms with Crippen molar-refractivity contribution in [2.45, 2.75) is 32.9 Å². The van der Waals surface area contributed by atoms with Gasteiger partial charge >= 0.3 is 5.69 Å². The van der Waals surface area contributed by atoms with Crippen molar-refractivity contribution in [3.8, 4) is 0 Å². The van der Waals surface area contributed by atoms with E-state index in [1.165, 1.54) is 9.47 Å². The second-order valence-electron chi connectivity index (χ2n) is 7.50. The quantitative estimate of drug-likeness (QED) is 0.530. The van der Waals surface area contributed by atoms with Gasteiger partial charge in [0.1, 0.15) is 18.9 Å². The third-order valence-electron chi connectivity index (χ3n) is 5.30. The Kier molecular flexibility index (Phi) is 7.42. The second kappa shape index (κ2) is 10.2. The van der Waals surface area contributed by atoms with E-state index < -0.39 is 11.2 Å². The molecule has 1 aliphatic heterocycles. The lowest BCUT2D eigenvalue weighted by atomic mass is 10.2. The van der Waals surface area contributed by atoms with E-state index in [2.05, 4.69) is 4.98 Å². The highest BCUT2D eigenvalue weighted by atomic mass is 16.5. The molecule has 0 unspecified atom stereocenters. The minimum absolute atomic E-state index is 0.0264. The second-order valence-corrected chi connectivity index (χ2v) is 7.50. The number of aromatic nitrogens is 2. The molecule has 0 spiro atoms. The molecule has 1 fully saturated rings. The molecule has 1 aromatic heterocycles. The average molecular weight is 417 g/mol. The van der Waals surface area contributed by atoms with E-state index in [1.54, 1.807) is 0 Å². The van der Waals surface area contributed by atoms with Crippen LogP contribution in [-0.2, 0) is 22.6 Å². The number of hydrogen-bond acceptors (Lipinski definition) is 5. The van der Waals surface area contributed by atoms with Crippen molar-refractivity contribution in [3.63, 3.8) is 0 Å². The van der Waals surface area contributed by atoms with E-state index in [1.807, 2.05) is 37.3 Å². The Bertz CT molecular complexity index is 964. The van der Waals surface area contributed by atoms with Crippen LogP contribution in [0.15, 0.2) is 39.9 Å². The zero-order valence-corrected chi connectivity index (χ0v) is 17.4. The Morgan fingerprint density at radius 1 is 1.23 bits per heavy atom. The third kappa shape index (κ3) is 5.17. The number of unbranched alkanes of at least 4 members (excludes halogenated alkanes) is 1. The smallest absolute Gasteiger partial charge is 0.330 e. The fraction of sp³-hybridized carbons (Fsp3) is 0.476. The molecule has 0 saturated carbocycles. The third-order valence-corrected chi connectivity index (χ3v) is 5.30. The molecule has 1 aliphatic rings. The van der Waals surface area contributed by atoms with Crippen molar-refractivity contribution in [3.05, 3.63) is 56.7 Å². The van der Waals surface area contributed by atoms with E-state index in [0.717, 1.165) is 36.4 Å². The molecule has 1 amide bonds. The van der Waals surface area contributed by atoms with Crippen LogP contribution in [0.3, 0.4) is 0 Å². The highest BCUT2D eigenvalue weighted by Gasteiger charge is 2.28. The molecule has 0 atom stereocenters. The zero-order chi connectivity index (χ0) is 21.5. The van der Waals surface area contributed by atoms with E-state index in [4.69, 9.17) is 10.5 Å². The van der Waals surface area contributed by atoms with Gasteiger partial charge in [0.2, 0.25) is 0 Å². The number of morpholine rings is 1. The number of benzene rings is 1. The van der Waals surface area contributed by atoms with E-state index in [0.29, 0.717) is 19.8 Å². The van der Waals surface area contributed by atoms with E-state index >= 15 is 0 Å². The Balaban J connectivity index is 1.99. The van der Waals surface area contributed by atoms with Gasteiger partial charge in [-0.15, -0.1) is 0 Å². The maximum absolute atomic E-state index is 13.3. The predicted molar refractivity (Wildman–Crippen MR) is 115 cm³/mol. The Morgan fingerprint density at radius 2 is 1.93 bits per heavy atom. The number of rotatable bonds is 8. The van der Waals surface area contributed by atoms with Crippen LogP contribution in [0.5, 0.6) is 0 Å². The first kappa shape index (κ1) is 21.8. The minimum atomic E-state index is -0.647. The van der Waals surface area contributed by atoms with Gasteiger partial charge in [0.25, 0.3) is 11.5 Å². The van der Waals surface area contributed by atoms with Crippen LogP contribution in [0.4, 0.5) is 11.5 Å². The topological polar surface area (TPSA) is 115 Å². The lowest BCUT2D eigenvalue weighted by Gasteiger charge is -2.28. The number of H-pyrrole nitrogens is 1. The minimum Gasteiger partial charge on any atom is -0.383 e. The number of nitrogens with one attached hydrogen (secondary N) is 2. The summed E-state index contributed by atoms with van der Waals surface area (Å²) in [5, 5.41) is 0. The molecule has 162 valence electrons. The molecule has 1 aromatic carbocycles. The van der Waals surface area contributed by atoms with Gasteiger partial charge in [-0.3, -0.25) is 24.0 Å². The Morgan fingerprint density at radius 3 is 2.60 bits per heavy atom. The fourth-order valence-electron chi connectivity index (χ4n) is 3.58. The van der Waals surface area contributed by atoms with Gasteiger partial charge in [0.15, 0.2) is 12.2 Å². The molecule has 1 saturated heterocycles. The summed E-state index contributed by atoms with van der Waals surface area (Å²) in [5.41, 5.74) is 5.97. The molecule has 9 nitrogen and oxygen atoms in total. The zero-order valence-electron chi connectivity index (χ0n) is 17.4. The molecular formula is C21H30N5O4+. The standard InChI is InChI=1S/C21H29N5O4/c1-2-3-9-25-19(22)18(20(28)23-21(25)29)26(14-16-7-5-4-6-8-16)17(27)15-24-10-12-30-13-11-24/h4-8H,2-3,9-15,22H2,1H3,(H,23,28,29)/p+1. The highest BCUT2D eigenvalue weighted by Crippen LogP contribution is 2.20. The average Bonchev–Trinajstić information content (AvgIpc) is 2.74. The maximum Gasteiger partial charge on any atom is 0.330 e. The fourth-order valence-corrected chi connectivity index (χ4v) is 3.58. The van der Waals surface area contributed by atoms with E-state index in [9.17, 15) is 14.4 Å². The largest absolute Gasteiger partial charge is 0.383 e. The maximum atomic E-state index is 13.3. The van der Waals surface area contributed by atoms with Gasteiger partial charge in [-0.2, -0.15) is 0 Å². The van der Waals surface area contributed by atoms with Crippen LogP contribution in [0, 0.1) is 0 Å². The lowest BCUT2D eigenvalue weighted by Crippen LogP contribution is -3.15. The van der Waals surface area contributed by atoms with E-state index in [-0.39, 0.29) is 30.5 Å². The number of nitrogen functional groups attached to an aromatic ring is 1.